The van der Waals surface area contributed by atoms with Gasteiger partial charge in [-0.15, -0.1) is 0 Å². The standard InChI is InChI=1S/C21H27N5O3/c1-14-9-17-22-10-16(20(29)26(17)23-14)19(28)24-8-2-6-21(12-24)7-5-18(27)25(13-21)11-15-3-4-15/h9-10,15,23H,2-8,11-13H2,1H3/t21-/m0/s1. The van der Waals surface area contributed by atoms with Crippen LogP contribution in [0.5, 0.6) is 0 Å². The summed E-state index contributed by atoms with van der Waals surface area (Å²) in [4.78, 5) is 46.5. The number of aromatic amines is 1. The van der Waals surface area contributed by atoms with Crippen molar-refractivity contribution in [1.29, 1.82) is 0 Å². The van der Waals surface area contributed by atoms with Gasteiger partial charge in [0.1, 0.15) is 5.56 Å². The number of H-pyrrole nitrogens is 1. The molecule has 2 aromatic heterocycles. The molecule has 1 spiro atoms. The number of nitrogens with zero attached hydrogens (tertiary/aromatic N) is 4. The molecular formula is C21H27N5O3. The Kier molecular flexibility index (Phi) is 4.26. The van der Waals surface area contributed by atoms with Gasteiger partial charge in [-0.1, -0.05) is 0 Å². The maximum atomic E-state index is 13.2. The predicted molar refractivity (Wildman–Crippen MR) is 107 cm³/mol. The second-order valence-corrected chi connectivity index (χ2v) is 9.16. The van der Waals surface area contributed by atoms with Crippen molar-refractivity contribution >= 4 is 17.5 Å². The van der Waals surface area contributed by atoms with Crippen molar-refractivity contribution in [3.63, 3.8) is 0 Å². The minimum Gasteiger partial charge on any atom is -0.342 e. The minimum atomic E-state index is -0.359. The fourth-order valence-corrected chi connectivity index (χ4v) is 4.99. The molecule has 8 heteroatoms. The Hall–Kier alpha value is -2.64. The number of piperidine rings is 2. The third kappa shape index (κ3) is 3.34. The number of aromatic nitrogens is 3. The summed E-state index contributed by atoms with van der Waals surface area (Å²) in [7, 11) is 0. The molecule has 8 nitrogen and oxygen atoms in total. The van der Waals surface area contributed by atoms with Gasteiger partial charge in [0.25, 0.3) is 11.5 Å². The lowest BCUT2D eigenvalue weighted by Gasteiger charge is -2.48. The monoisotopic (exact) mass is 397 g/mol. The summed E-state index contributed by atoms with van der Waals surface area (Å²) < 4.78 is 1.33. The van der Waals surface area contributed by atoms with Crippen molar-refractivity contribution < 1.29 is 9.59 Å². The number of carbonyl (C=O) groups is 2. The van der Waals surface area contributed by atoms with Crippen LogP contribution >= 0.6 is 0 Å². The molecule has 0 unspecified atom stereocenters. The third-order valence-electron chi connectivity index (χ3n) is 6.72. The Morgan fingerprint density at radius 2 is 2.10 bits per heavy atom. The first-order valence-corrected chi connectivity index (χ1v) is 10.6. The second kappa shape index (κ2) is 6.71. The number of aryl methyl sites for hydroxylation is 1. The van der Waals surface area contributed by atoms with Crippen LogP contribution in [0.1, 0.15) is 54.6 Å². The zero-order chi connectivity index (χ0) is 20.2. The smallest absolute Gasteiger partial charge is 0.285 e. The van der Waals surface area contributed by atoms with Gasteiger partial charge in [0.2, 0.25) is 5.91 Å². The Balaban J connectivity index is 1.37. The number of nitrogens with one attached hydrogen (secondary N) is 1. The van der Waals surface area contributed by atoms with Crippen molar-refractivity contribution in [3.8, 4) is 0 Å². The molecule has 5 rings (SSSR count). The predicted octanol–water partition coefficient (Wildman–Crippen LogP) is 1.59. The molecule has 2 saturated heterocycles. The van der Waals surface area contributed by atoms with E-state index >= 15 is 0 Å². The molecule has 1 saturated carbocycles. The van der Waals surface area contributed by atoms with E-state index in [4.69, 9.17) is 0 Å². The molecule has 0 aromatic carbocycles. The Bertz CT molecular complexity index is 1040. The van der Waals surface area contributed by atoms with Crippen molar-refractivity contribution in [3.05, 3.63) is 33.9 Å². The van der Waals surface area contributed by atoms with Crippen molar-refractivity contribution in [2.24, 2.45) is 11.3 Å². The van der Waals surface area contributed by atoms with E-state index in [2.05, 4.69) is 10.1 Å². The van der Waals surface area contributed by atoms with Crippen LogP contribution in [-0.4, -0.2) is 62.4 Å². The number of fused-ring (bicyclic) bond motifs is 1. The summed E-state index contributed by atoms with van der Waals surface area (Å²) in [6, 6.07) is 1.78. The quantitative estimate of drug-likeness (QED) is 0.851. The SMILES string of the molecule is Cc1cc2ncc(C(=O)N3CCC[C@]4(CCC(=O)N(CC5CC5)C4)C3)c(=O)n2[nH]1. The molecule has 0 bridgehead atoms. The molecule has 2 amide bonds. The van der Waals surface area contributed by atoms with Crippen LogP contribution in [-0.2, 0) is 4.79 Å². The van der Waals surface area contributed by atoms with Gasteiger partial charge in [-0.3, -0.25) is 19.5 Å². The lowest BCUT2D eigenvalue weighted by Crippen LogP contribution is -2.55. The molecule has 1 aliphatic carbocycles. The molecule has 154 valence electrons. The normalized spacial score (nSPS) is 25.2. The molecule has 2 aromatic rings. The average Bonchev–Trinajstić information content (AvgIpc) is 3.43. The molecule has 1 N–H and O–H groups in total. The van der Waals surface area contributed by atoms with Crippen molar-refractivity contribution in [1.82, 2.24) is 24.4 Å². The van der Waals surface area contributed by atoms with Gasteiger partial charge >= 0.3 is 0 Å². The Morgan fingerprint density at radius 1 is 1.28 bits per heavy atom. The van der Waals surface area contributed by atoms with E-state index in [0.29, 0.717) is 31.1 Å². The van der Waals surface area contributed by atoms with Crippen LogP contribution in [0.4, 0.5) is 0 Å². The van der Waals surface area contributed by atoms with E-state index in [1.165, 1.54) is 23.6 Å². The van der Waals surface area contributed by atoms with Gasteiger partial charge in [0, 0.05) is 56.0 Å². The average molecular weight is 397 g/mol. The summed E-state index contributed by atoms with van der Waals surface area (Å²) in [5.41, 5.74) is 1.03. The van der Waals surface area contributed by atoms with Gasteiger partial charge in [0.15, 0.2) is 5.65 Å². The van der Waals surface area contributed by atoms with Crippen LogP contribution in [0.3, 0.4) is 0 Å². The van der Waals surface area contributed by atoms with Gasteiger partial charge in [-0.2, -0.15) is 0 Å². The molecule has 2 aliphatic heterocycles. The summed E-state index contributed by atoms with van der Waals surface area (Å²) in [6.45, 7) is 4.69. The van der Waals surface area contributed by atoms with E-state index in [1.807, 2.05) is 11.8 Å². The fourth-order valence-electron chi connectivity index (χ4n) is 4.99. The summed E-state index contributed by atoms with van der Waals surface area (Å²) >= 11 is 0. The molecule has 4 heterocycles. The van der Waals surface area contributed by atoms with Crippen LogP contribution < -0.4 is 5.56 Å². The van der Waals surface area contributed by atoms with Crippen LogP contribution in [0.25, 0.3) is 5.65 Å². The van der Waals surface area contributed by atoms with Crippen LogP contribution in [0.15, 0.2) is 17.1 Å². The first-order chi connectivity index (χ1) is 13.9. The largest absolute Gasteiger partial charge is 0.342 e. The highest BCUT2D eigenvalue weighted by Gasteiger charge is 2.44. The Labute approximate surface area is 168 Å². The number of likely N-dealkylation sites (tertiary alicyclic amines) is 2. The topological polar surface area (TPSA) is 90.8 Å². The first-order valence-electron chi connectivity index (χ1n) is 10.6. The zero-order valence-electron chi connectivity index (χ0n) is 16.8. The van der Waals surface area contributed by atoms with Crippen LogP contribution in [0, 0.1) is 18.3 Å². The lowest BCUT2D eigenvalue weighted by molar-refractivity contribution is -0.139. The highest BCUT2D eigenvalue weighted by Crippen LogP contribution is 2.40. The van der Waals surface area contributed by atoms with Crippen molar-refractivity contribution in [2.75, 3.05) is 26.2 Å². The maximum Gasteiger partial charge on any atom is 0.285 e. The van der Waals surface area contributed by atoms with E-state index in [0.717, 1.165) is 38.0 Å². The molecule has 3 aliphatic rings. The van der Waals surface area contributed by atoms with E-state index in [-0.39, 0.29) is 28.4 Å². The highest BCUT2D eigenvalue weighted by molar-refractivity contribution is 5.94. The minimum absolute atomic E-state index is 0.0482. The summed E-state index contributed by atoms with van der Waals surface area (Å²) in [5, 5.41) is 2.94. The van der Waals surface area contributed by atoms with Gasteiger partial charge in [-0.05, 0) is 44.9 Å². The van der Waals surface area contributed by atoms with Crippen LogP contribution in [0.2, 0.25) is 0 Å². The Morgan fingerprint density at radius 3 is 2.90 bits per heavy atom. The van der Waals surface area contributed by atoms with Gasteiger partial charge < -0.3 is 9.80 Å². The molecule has 0 radical (unpaired) electrons. The second-order valence-electron chi connectivity index (χ2n) is 9.16. The third-order valence-corrected chi connectivity index (χ3v) is 6.72. The summed E-state index contributed by atoms with van der Waals surface area (Å²) in [6.07, 6.45) is 7.15. The van der Waals surface area contributed by atoms with E-state index in [9.17, 15) is 14.4 Å². The van der Waals surface area contributed by atoms with E-state index < -0.39 is 0 Å². The number of carbonyl (C=O) groups excluding carboxylic acids is 2. The number of hydrogen-bond acceptors (Lipinski definition) is 4. The van der Waals surface area contributed by atoms with Gasteiger partial charge in [0.05, 0.1) is 0 Å². The number of amides is 2. The van der Waals surface area contributed by atoms with Gasteiger partial charge in [-0.25, -0.2) is 9.50 Å². The highest BCUT2D eigenvalue weighted by atomic mass is 16.2. The summed E-state index contributed by atoms with van der Waals surface area (Å²) in [5.74, 6) is 0.660. The molecule has 1 atom stereocenters. The fraction of sp³-hybridized carbons (Fsp3) is 0.619. The lowest BCUT2D eigenvalue weighted by atomic mass is 9.73. The molecule has 3 fully saturated rings. The molecular weight excluding hydrogens is 370 g/mol. The van der Waals surface area contributed by atoms with Crippen molar-refractivity contribution in [2.45, 2.75) is 45.4 Å². The molecule has 29 heavy (non-hydrogen) atoms. The maximum absolute atomic E-state index is 13.2. The first kappa shape index (κ1) is 18.4. The zero-order valence-corrected chi connectivity index (χ0v) is 16.8. The number of rotatable bonds is 3. The van der Waals surface area contributed by atoms with E-state index in [1.54, 1.807) is 11.0 Å². The number of hydrogen-bond donors (Lipinski definition) is 1.